The van der Waals surface area contributed by atoms with Gasteiger partial charge in [-0.25, -0.2) is 0 Å². The maximum absolute atomic E-state index is 9.33. The van der Waals surface area contributed by atoms with Crippen LogP contribution in [0.5, 0.6) is 11.5 Å². The van der Waals surface area contributed by atoms with Crippen LogP contribution >= 0.6 is 11.6 Å². The van der Waals surface area contributed by atoms with Gasteiger partial charge in [0.15, 0.2) is 11.5 Å². The van der Waals surface area contributed by atoms with Gasteiger partial charge in [-0.3, -0.25) is 0 Å². The van der Waals surface area contributed by atoms with E-state index in [1.165, 1.54) is 5.56 Å². The fourth-order valence-electron chi connectivity index (χ4n) is 2.51. The number of benzene rings is 2. The smallest absolute Gasteiger partial charge is 0.180 e. The lowest BCUT2D eigenvalue weighted by Crippen LogP contribution is -2.23. The number of aryl methyl sites for hydroxylation is 1. The van der Waals surface area contributed by atoms with Gasteiger partial charge in [-0.2, -0.15) is 0 Å². The van der Waals surface area contributed by atoms with Crippen LogP contribution < -0.4 is 14.8 Å². The van der Waals surface area contributed by atoms with Crippen molar-refractivity contribution in [3.8, 4) is 11.5 Å². The van der Waals surface area contributed by atoms with E-state index in [2.05, 4.69) is 24.4 Å². The SMILES string of the molecule is CCOc1cc(CNCC(C)O)cc(Cl)c1OCc1cccc(C)c1. The molecular formula is C20H26ClNO3. The van der Waals surface area contributed by atoms with Crippen molar-refractivity contribution in [3.05, 3.63) is 58.1 Å². The molecule has 0 aliphatic heterocycles. The van der Waals surface area contributed by atoms with Gasteiger partial charge in [0.1, 0.15) is 6.61 Å². The topological polar surface area (TPSA) is 50.7 Å². The lowest BCUT2D eigenvalue weighted by atomic mass is 10.1. The van der Waals surface area contributed by atoms with Crippen LogP contribution in [0.4, 0.5) is 0 Å². The minimum Gasteiger partial charge on any atom is -0.490 e. The van der Waals surface area contributed by atoms with E-state index in [1.807, 2.05) is 31.2 Å². The van der Waals surface area contributed by atoms with E-state index < -0.39 is 6.10 Å². The molecule has 0 saturated carbocycles. The van der Waals surface area contributed by atoms with Crippen molar-refractivity contribution in [2.75, 3.05) is 13.2 Å². The highest BCUT2D eigenvalue weighted by atomic mass is 35.5. The Bertz CT molecular complexity index is 689. The summed E-state index contributed by atoms with van der Waals surface area (Å²) in [7, 11) is 0. The zero-order valence-corrected chi connectivity index (χ0v) is 15.8. The summed E-state index contributed by atoms with van der Waals surface area (Å²) < 4.78 is 11.7. The first-order chi connectivity index (χ1) is 12.0. The monoisotopic (exact) mass is 363 g/mol. The van der Waals surface area contributed by atoms with E-state index in [4.69, 9.17) is 21.1 Å². The van der Waals surface area contributed by atoms with E-state index in [0.717, 1.165) is 11.1 Å². The van der Waals surface area contributed by atoms with Crippen LogP contribution in [0.25, 0.3) is 0 Å². The molecule has 5 heteroatoms. The number of aliphatic hydroxyl groups excluding tert-OH is 1. The van der Waals surface area contributed by atoms with Crippen LogP contribution in [0.2, 0.25) is 5.02 Å². The van der Waals surface area contributed by atoms with Gasteiger partial charge in [-0.15, -0.1) is 0 Å². The molecule has 4 nitrogen and oxygen atoms in total. The molecule has 0 amide bonds. The fourth-order valence-corrected chi connectivity index (χ4v) is 2.80. The maximum atomic E-state index is 9.33. The summed E-state index contributed by atoms with van der Waals surface area (Å²) in [5.41, 5.74) is 3.26. The second-order valence-electron chi connectivity index (χ2n) is 6.10. The van der Waals surface area contributed by atoms with Crippen molar-refractivity contribution < 1.29 is 14.6 Å². The Morgan fingerprint density at radius 2 is 1.96 bits per heavy atom. The van der Waals surface area contributed by atoms with E-state index in [-0.39, 0.29) is 0 Å². The molecule has 1 atom stereocenters. The number of hydrogen-bond acceptors (Lipinski definition) is 4. The van der Waals surface area contributed by atoms with Gasteiger partial charge >= 0.3 is 0 Å². The highest BCUT2D eigenvalue weighted by Gasteiger charge is 2.13. The standard InChI is InChI=1S/C20H26ClNO3/c1-4-24-19-10-17(12-22-11-15(3)23)9-18(21)20(19)25-13-16-7-5-6-14(2)8-16/h5-10,15,22-23H,4,11-13H2,1-3H3. The van der Waals surface area contributed by atoms with Crippen LogP contribution in [0.3, 0.4) is 0 Å². The summed E-state index contributed by atoms with van der Waals surface area (Å²) >= 11 is 6.43. The largest absolute Gasteiger partial charge is 0.490 e. The van der Waals surface area contributed by atoms with Gasteiger partial charge in [0.05, 0.1) is 17.7 Å². The first kappa shape index (κ1) is 19.6. The summed E-state index contributed by atoms with van der Waals surface area (Å²) in [6.45, 7) is 7.81. The molecule has 2 rings (SSSR count). The van der Waals surface area contributed by atoms with Gasteiger partial charge in [0.25, 0.3) is 0 Å². The van der Waals surface area contributed by atoms with Crippen molar-refractivity contribution in [1.82, 2.24) is 5.32 Å². The zero-order chi connectivity index (χ0) is 18.2. The van der Waals surface area contributed by atoms with Crippen LogP contribution in [-0.2, 0) is 13.2 Å². The molecule has 0 spiro atoms. The quantitative estimate of drug-likeness (QED) is 0.704. The molecule has 0 aromatic heterocycles. The molecule has 0 saturated heterocycles. The van der Waals surface area contributed by atoms with E-state index in [0.29, 0.717) is 42.8 Å². The molecule has 136 valence electrons. The van der Waals surface area contributed by atoms with E-state index in [1.54, 1.807) is 6.92 Å². The molecule has 0 aliphatic carbocycles. The molecule has 2 N–H and O–H groups in total. The summed E-state index contributed by atoms with van der Waals surface area (Å²) in [5.74, 6) is 1.20. The molecule has 2 aromatic carbocycles. The second kappa shape index (κ2) is 9.66. The molecular weight excluding hydrogens is 338 g/mol. The van der Waals surface area contributed by atoms with E-state index in [9.17, 15) is 5.11 Å². The van der Waals surface area contributed by atoms with E-state index >= 15 is 0 Å². The zero-order valence-electron chi connectivity index (χ0n) is 15.0. The van der Waals surface area contributed by atoms with Crippen LogP contribution in [0, 0.1) is 6.92 Å². The first-order valence-corrected chi connectivity index (χ1v) is 8.89. The number of aliphatic hydroxyl groups is 1. The average molecular weight is 364 g/mol. The second-order valence-corrected chi connectivity index (χ2v) is 6.50. The summed E-state index contributed by atoms with van der Waals surface area (Å²) in [5, 5.41) is 13.0. The first-order valence-electron chi connectivity index (χ1n) is 8.52. The third-order valence-electron chi connectivity index (χ3n) is 3.60. The average Bonchev–Trinajstić information content (AvgIpc) is 2.54. The molecule has 0 radical (unpaired) electrons. The van der Waals surface area contributed by atoms with Gasteiger partial charge in [-0.05, 0) is 44.0 Å². The van der Waals surface area contributed by atoms with Crippen molar-refractivity contribution in [1.29, 1.82) is 0 Å². The fraction of sp³-hybridized carbons (Fsp3) is 0.400. The predicted molar refractivity (Wildman–Crippen MR) is 102 cm³/mol. The predicted octanol–water partition coefficient (Wildman–Crippen LogP) is 4.10. The highest BCUT2D eigenvalue weighted by Crippen LogP contribution is 2.37. The molecule has 2 aromatic rings. The van der Waals surface area contributed by atoms with Crippen LogP contribution in [0.1, 0.15) is 30.5 Å². The van der Waals surface area contributed by atoms with Crippen molar-refractivity contribution >= 4 is 11.6 Å². The summed E-state index contributed by atoms with van der Waals surface area (Å²) in [4.78, 5) is 0. The number of halogens is 1. The minimum atomic E-state index is -0.390. The third-order valence-corrected chi connectivity index (χ3v) is 3.88. The summed E-state index contributed by atoms with van der Waals surface area (Å²) in [6, 6.07) is 12.0. The van der Waals surface area contributed by atoms with Crippen molar-refractivity contribution in [3.63, 3.8) is 0 Å². The number of hydrogen-bond donors (Lipinski definition) is 2. The highest BCUT2D eigenvalue weighted by molar-refractivity contribution is 6.32. The lowest BCUT2D eigenvalue weighted by Gasteiger charge is -2.16. The molecule has 0 fully saturated rings. The Morgan fingerprint density at radius 3 is 2.64 bits per heavy atom. The van der Waals surface area contributed by atoms with Gasteiger partial charge in [0, 0.05) is 13.1 Å². The third kappa shape index (κ3) is 6.24. The normalized spacial score (nSPS) is 12.0. The Labute approximate surface area is 154 Å². The minimum absolute atomic E-state index is 0.390. The van der Waals surface area contributed by atoms with Crippen LogP contribution in [0.15, 0.2) is 36.4 Å². The molecule has 0 bridgehead atoms. The van der Waals surface area contributed by atoms with Crippen molar-refractivity contribution in [2.24, 2.45) is 0 Å². The number of rotatable bonds is 9. The molecule has 1 unspecified atom stereocenters. The summed E-state index contributed by atoms with van der Waals surface area (Å²) in [6.07, 6.45) is -0.390. The maximum Gasteiger partial charge on any atom is 0.180 e. The molecule has 0 aliphatic rings. The number of ether oxygens (including phenoxy) is 2. The lowest BCUT2D eigenvalue weighted by molar-refractivity contribution is 0.191. The Hall–Kier alpha value is -1.75. The Morgan fingerprint density at radius 1 is 1.16 bits per heavy atom. The van der Waals surface area contributed by atoms with Crippen molar-refractivity contribution in [2.45, 2.75) is 40.0 Å². The Kier molecular flexibility index (Phi) is 7.56. The van der Waals surface area contributed by atoms with Gasteiger partial charge in [0.2, 0.25) is 0 Å². The number of nitrogens with one attached hydrogen (secondary N) is 1. The molecule has 0 heterocycles. The van der Waals surface area contributed by atoms with Gasteiger partial charge < -0.3 is 19.9 Å². The van der Waals surface area contributed by atoms with Crippen LogP contribution in [-0.4, -0.2) is 24.4 Å². The Balaban J connectivity index is 2.12. The van der Waals surface area contributed by atoms with Gasteiger partial charge in [-0.1, -0.05) is 41.4 Å². The molecule has 25 heavy (non-hydrogen) atoms.